The molecule has 0 aliphatic heterocycles. The maximum absolute atomic E-state index is 12.1. The second-order valence-electron chi connectivity index (χ2n) is 4.63. The quantitative estimate of drug-likeness (QED) is 0.812. The topological polar surface area (TPSA) is 73.9 Å². The van der Waals surface area contributed by atoms with E-state index in [0.717, 1.165) is 25.7 Å². The van der Waals surface area contributed by atoms with Gasteiger partial charge in [-0.25, -0.2) is 8.42 Å². The van der Waals surface area contributed by atoms with Gasteiger partial charge in [0.2, 0.25) is 0 Å². The molecule has 1 aliphatic carbocycles. The van der Waals surface area contributed by atoms with Crippen LogP contribution in [-0.4, -0.2) is 28.7 Å². The Morgan fingerprint density at radius 3 is 2.35 bits per heavy atom. The molecular weight excluding hydrogens is 282 g/mol. The minimum atomic E-state index is -3.71. The minimum absolute atomic E-state index is 0.0371. The second kappa shape index (κ2) is 6.43. The van der Waals surface area contributed by atoms with Crippen molar-refractivity contribution >= 4 is 10.0 Å². The highest BCUT2D eigenvalue weighted by Crippen LogP contribution is 2.29. The average Bonchev–Trinajstić information content (AvgIpc) is 2.97. The zero-order chi connectivity index (χ0) is 14.6. The number of ether oxygens (including phenoxy) is 2. The molecule has 1 saturated carbocycles. The molecule has 0 aromatic heterocycles. The third-order valence-corrected chi connectivity index (χ3v) is 4.48. The molecule has 0 bridgehead atoms. The molecule has 0 heterocycles. The Kier molecular flexibility index (Phi) is 4.85. The first-order valence-corrected chi connectivity index (χ1v) is 7.94. The Morgan fingerprint density at radius 2 is 1.75 bits per heavy atom. The molecular formula is C13H19NO5S. The van der Waals surface area contributed by atoms with Crippen LogP contribution < -0.4 is 14.4 Å². The monoisotopic (exact) mass is 301 g/mol. The van der Waals surface area contributed by atoms with Crippen LogP contribution in [0.3, 0.4) is 0 Å². The van der Waals surface area contributed by atoms with Crippen LogP contribution in [0.4, 0.5) is 0 Å². The first-order valence-electron chi connectivity index (χ1n) is 6.46. The van der Waals surface area contributed by atoms with Crippen molar-refractivity contribution in [1.82, 2.24) is 4.89 Å². The predicted molar refractivity (Wildman–Crippen MR) is 73.2 cm³/mol. The Hall–Kier alpha value is -1.31. The van der Waals surface area contributed by atoms with E-state index in [4.69, 9.17) is 14.3 Å². The number of benzene rings is 1. The van der Waals surface area contributed by atoms with E-state index in [1.807, 2.05) is 0 Å². The third kappa shape index (κ3) is 3.41. The van der Waals surface area contributed by atoms with Crippen molar-refractivity contribution in [3.8, 4) is 11.5 Å². The van der Waals surface area contributed by atoms with Gasteiger partial charge in [0.1, 0.15) is 0 Å². The van der Waals surface area contributed by atoms with Gasteiger partial charge in [0.15, 0.2) is 11.5 Å². The maximum atomic E-state index is 12.1. The Bertz CT molecular complexity index is 552. The molecule has 1 N–H and O–H groups in total. The third-order valence-electron chi connectivity index (χ3n) is 3.29. The molecule has 0 amide bonds. The van der Waals surface area contributed by atoms with Crippen LogP contribution in [0.15, 0.2) is 23.1 Å². The molecule has 2 rings (SSSR count). The molecule has 112 valence electrons. The molecule has 6 nitrogen and oxygen atoms in total. The van der Waals surface area contributed by atoms with Crippen LogP contribution in [-0.2, 0) is 14.9 Å². The molecule has 1 aromatic carbocycles. The molecule has 0 radical (unpaired) electrons. The van der Waals surface area contributed by atoms with E-state index < -0.39 is 10.0 Å². The lowest BCUT2D eigenvalue weighted by atomic mass is 10.3. The standard InChI is InChI=1S/C13H19NO5S/c1-17-12-8-7-11(9-13(12)18-2)20(15,16)14-19-10-5-3-4-6-10/h7-10,14H,3-6H2,1-2H3. The zero-order valence-electron chi connectivity index (χ0n) is 11.6. The van der Waals surface area contributed by atoms with E-state index in [2.05, 4.69) is 4.89 Å². The fourth-order valence-corrected chi connectivity index (χ4v) is 3.04. The summed E-state index contributed by atoms with van der Waals surface area (Å²) in [5, 5.41) is 0. The highest BCUT2D eigenvalue weighted by Gasteiger charge is 2.21. The summed E-state index contributed by atoms with van der Waals surface area (Å²) in [4.78, 5) is 7.50. The van der Waals surface area contributed by atoms with Gasteiger partial charge in [0, 0.05) is 6.07 Å². The fraction of sp³-hybridized carbons (Fsp3) is 0.538. The van der Waals surface area contributed by atoms with E-state index in [0.29, 0.717) is 11.5 Å². The molecule has 7 heteroatoms. The van der Waals surface area contributed by atoms with Crippen molar-refractivity contribution in [2.75, 3.05) is 14.2 Å². The summed E-state index contributed by atoms with van der Waals surface area (Å²) >= 11 is 0. The summed E-state index contributed by atoms with van der Waals surface area (Å²) in [7, 11) is -0.765. The van der Waals surface area contributed by atoms with Gasteiger partial charge in [0.25, 0.3) is 10.0 Å². The molecule has 1 fully saturated rings. The van der Waals surface area contributed by atoms with Crippen molar-refractivity contribution in [3.63, 3.8) is 0 Å². The second-order valence-corrected chi connectivity index (χ2v) is 6.27. The van der Waals surface area contributed by atoms with Crippen LogP contribution in [0.2, 0.25) is 0 Å². The number of sulfonamides is 1. The van der Waals surface area contributed by atoms with Gasteiger partial charge >= 0.3 is 0 Å². The number of hydrogen-bond donors (Lipinski definition) is 1. The highest BCUT2D eigenvalue weighted by molar-refractivity contribution is 7.89. The van der Waals surface area contributed by atoms with E-state index in [9.17, 15) is 8.42 Å². The lowest BCUT2D eigenvalue weighted by Crippen LogP contribution is -2.28. The smallest absolute Gasteiger partial charge is 0.262 e. The molecule has 0 unspecified atom stereocenters. The van der Waals surface area contributed by atoms with Gasteiger partial charge in [-0.05, 0) is 25.0 Å². The van der Waals surface area contributed by atoms with E-state index >= 15 is 0 Å². The summed E-state index contributed by atoms with van der Waals surface area (Å²) in [6.07, 6.45) is 3.87. The molecule has 20 heavy (non-hydrogen) atoms. The highest BCUT2D eigenvalue weighted by atomic mass is 32.2. The fourth-order valence-electron chi connectivity index (χ4n) is 2.17. The van der Waals surface area contributed by atoms with Gasteiger partial charge in [-0.2, -0.15) is 0 Å². The summed E-state index contributed by atoms with van der Waals surface area (Å²) < 4.78 is 34.4. The first-order chi connectivity index (χ1) is 9.56. The first kappa shape index (κ1) is 15.1. The summed E-state index contributed by atoms with van der Waals surface area (Å²) in [5.74, 6) is 0.833. The Labute approximate surface area is 119 Å². The van der Waals surface area contributed by atoms with E-state index in [-0.39, 0.29) is 11.0 Å². The number of rotatable bonds is 6. The van der Waals surface area contributed by atoms with Crippen molar-refractivity contribution in [1.29, 1.82) is 0 Å². The Balaban J connectivity index is 2.11. The van der Waals surface area contributed by atoms with Crippen LogP contribution in [0.25, 0.3) is 0 Å². The zero-order valence-corrected chi connectivity index (χ0v) is 12.4. The predicted octanol–water partition coefficient (Wildman–Crippen LogP) is 1.86. The van der Waals surface area contributed by atoms with Crippen LogP contribution in [0, 0.1) is 0 Å². The number of methoxy groups -OCH3 is 2. The van der Waals surface area contributed by atoms with E-state index in [1.54, 1.807) is 6.07 Å². The van der Waals surface area contributed by atoms with Crippen molar-refractivity contribution in [2.24, 2.45) is 0 Å². The van der Waals surface area contributed by atoms with Gasteiger partial charge in [-0.3, -0.25) is 4.84 Å². The number of nitrogens with one attached hydrogen (secondary N) is 1. The molecule has 0 atom stereocenters. The number of hydrogen-bond acceptors (Lipinski definition) is 5. The van der Waals surface area contributed by atoms with Crippen molar-refractivity contribution < 1.29 is 22.7 Å². The van der Waals surface area contributed by atoms with Gasteiger partial charge < -0.3 is 9.47 Å². The molecule has 0 spiro atoms. The minimum Gasteiger partial charge on any atom is -0.493 e. The SMILES string of the molecule is COc1ccc(S(=O)(=O)NOC2CCCC2)cc1OC. The van der Waals surface area contributed by atoms with Crippen LogP contribution >= 0.6 is 0 Å². The van der Waals surface area contributed by atoms with Crippen molar-refractivity contribution in [2.45, 2.75) is 36.7 Å². The summed E-state index contributed by atoms with van der Waals surface area (Å²) in [5.41, 5.74) is 0. The molecule has 1 aromatic rings. The van der Waals surface area contributed by atoms with Gasteiger partial charge in [0.05, 0.1) is 25.2 Å². The lowest BCUT2D eigenvalue weighted by molar-refractivity contribution is 0.0223. The largest absolute Gasteiger partial charge is 0.493 e. The van der Waals surface area contributed by atoms with Crippen LogP contribution in [0.1, 0.15) is 25.7 Å². The van der Waals surface area contributed by atoms with E-state index in [1.165, 1.54) is 26.4 Å². The summed E-state index contributed by atoms with van der Waals surface area (Å²) in [6, 6.07) is 4.39. The maximum Gasteiger partial charge on any atom is 0.262 e. The van der Waals surface area contributed by atoms with Crippen molar-refractivity contribution in [3.05, 3.63) is 18.2 Å². The lowest BCUT2D eigenvalue weighted by Gasteiger charge is -2.13. The van der Waals surface area contributed by atoms with Gasteiger partial charge in [-0.1, -0.05) is 17.7 Å². The Morgan fingerprint density at radius 1 is 1.10 bits per heavy atom. The summed E-state index contributed by atoms with van der Waals surface area (Å²) in [6.45, 7) is 0. The molecule has 1 aliphatic rings. The normalized spacial score (nSPS) is 16.3. The molecule has 0 saturated heterocycles. The van der Waals surface area contributed by atoms with Crippen LogP contribution in [0.5, 0.6) is 11.5 Å². The van der Waals surface area contributed by atoms with Gasteiger partial charge in [-0.15, -0.1) is 0 Å². The average molecular weight is 301 g/mol.